The largest absolute Gasteiger partial charge is 0.342 e. The maximum Gasteiger partial charge on any atom is 0.261 e. The van der Waals surface area contributed by atoms with Crippen LogP contribution in [0.3, 0.4) is 0 Å². The highest BCUT2D eigenvalue weighted by Crippen LogP contribution is 2.27. The summed E-state index contributed by atoms with van der Waals surface area (Å²) in [6.45, 7) is -0.534. The van der Waals surface area contributed by atoms with E-state index < -0.39 is 47.3 Å². The summed E-state index contributed by atoms with van der Waals surface area (Å²) < 4.78 is 53.7. The van der Waals surface area contributed by atoms with Gasteiger partial charge in [-0.05, 0) is 30.3 Å². The first-order valence-corrected chi connectivity index (χ1v) is 8.08. The highest BCUT2D eigenvalue weighted by Gasteiger charge is 2.17. The molecule has 2 N–H and O–H groups in total. The van der Waals surface area contributed by atoms with Crippen LogP contribution in [-0.2, 0) is 4.79 Å². The van der Waals surface area contributed by atoms with Gasteiger partial charge in [0.2, 0.25) is 5.91 Å². The van der Waals surface area contributed by atoms with Gasteiger partial charge in [0.1, 0.15) is 5.82 Å². The Morgan fingerprint density at radius 2 is 1.73 bits per heavy atom. The summed E-state index contributed by atoms with van der Waals surface area (Å²) in [5.41, 5.74) is -0.549. The van der Waals surface area contributed by atoms with Gasteiger partial charge < -0.3 is 10.6 Å². The fourth-order valence-corrected chi connectivity index (χ4v) is 3.19. The highest BCUT2D eigenvalue weighted by atomic mass is 32.1. The molecule has 2 aromatic carbocycles. The van der Waals surface area contributed by atoms with Gasteiger partial charge in [0.15, 0.2) is 17.5 Å². The van der Waals surface area contributed by atoms with Crippen molar-refractivity contribution in [2.45, 2.75) is 0 Å². The average Bonchev–Trinajstić information content (AvgIpc) is 3.06. The van der Waals surface area contributed by atoms with E-state index in [9.17, 15) is 27.2 Å². The van der Waals surface area contributed by atoms with E-state index in [1.54, 1.807) is 6.07 Å². The Morgan fingerprint density at radius 1 is 0.962 bits per heavy atom. The Kier molecular flexibility index (Phi) is 4.90. The van der Waals surface area contributed by atoms with Gasteiger partial charge in [-0.3, -0.25) is 9.59 Å². The molecule has 4 nitrogen and oxygen atoms in total. The van der Waals surface area contributed by atoms with Gasteiger partial charge in [-0.2, -0.15) is 0 Å². The maximum atomic E-state index is 13.6. The van der Waals surface area contributed by atoms with Crippen molar-refractivity contribution in [2.24, 2.45) is 0 Å². The number of fused-ring (bicyclic) bond motifs is 1. The summed E-state index contributed by atoms with van der Waals surface area (Å²) in [7, 11) is 0. The second-order valence-electron chi connectivity index (χ2n) is 5.22. The minimum Gasteiger partial charge on any atom is -0.342 e. The number of anilines is 1. The van der Waals surface area contributed by atoms with Crippen LogP contribution < -0.4 is 10.6 Å². The minimum atomic E-state index is -1.71. The molecule has 0 aliphatic carbocycles. The lowest BCUT2D eigenvalue weighted by atomic mass is 10.2. The molecule has 0 spiro atoms. The van der Waals surface area contributed by atoms with E-state index in [0.29, 0.717) is 10.8 Å². The van der Waals surface area contributed by atoms with E-state index in [-0.39, 0.29) is 10.3 Å². The Morgan fingerprint density at radius 3 is 2.46 bits per heavy atom. The number of rotatable bonds is 4. The molecule has 2 amide bonds. The van der Waals surface area contributed by atoms with Gasteiger partial charge in [0.05, 0.1) is 17.1 Å². The molecule has 3 rings (SSSR count). The molecule has 134 valence electrons. The van der Waals surface area contributed by atoms with Crippen LogP contribution in [0.5, 0.6) is 0 Å². The lowest BCUT2D eigenvalue weighted by molar-refractivity contribution is -0.115. The van der Waals surface area contributed by atoms with E-state index in [1.165, 1.54) is 18.2 Å². The van der Waals surface area contributed by atoms with Crippen molar-refractivity contribution in [3.8, 4) is 0 Å². The van der Waals surface area contributed by atoms with Crippen LogP contribution in [0.2, 0.25) is 0 Å². The third kappa shape index (κ3) is 3.52. The van der Waals surface area contributed by atoms with Gasteiger partial charge in [-0.25, -0.2) is 17.6 Å². The summed E-state index contributed by atoms with van der Waals surface area (Å²) >= 11 is 1.05. The summed E-state index contributed by atoms with van der Waals surface area (Å²) in [6, 6.07) is 7.32. The smallest absolute Gasteiger partial charge is 0.261 e. The van der Waals surface area contributed by atoms with Crippen molar-refractivity contribution in [3.05, 3.63) is 64.5 Å². The van der Waals surface area contributed by atoms with Crippen LogP contribution >= 0.6 is 11.3 Å². The zero-order valence-corrected chi connectivity index (χ0v) is 13.7. The maximum absolute atomic E-state index is 13.6. The first kappa shape index (κ1) is 17.9. The lowest BCUT2D eigenvalue weighted by Gasteiger charge is -2.08. The molecule has 0 aliphatic rings. The van der Waals surface area contributed by atoms with Gasteiger partial charge in [-0.1, -0.05) is 6.07 Å². The fraction of sp³-hybridized carbons (Fsp3) is 0.0588. The summed E-state index contributed by atoms with van der Waals surface area (Å²) in [5.74, 6) is -6.55. The average molecular weight is 382 g/mol. The summed E-state index contributed by atoms with van der Waals surface area (Å²) in [6.07, 6.45) is 0. The molecule has 0 saturated carbocycles. The van der Waals surface area contributed by atoms with Crippen LogP contribution in [0, 0.1) is 23.3 Å². The van der Waals surface area contributed by atoms with E-state index in [1.807, 2.05) is 5.32 Å². The molecule has 0 saturated heterocycles. The van der Waals surface area contributed by atoms with Gasteiger partial charge in [-0.15, -0.1) is 11.3 Å². The minimum absolute atomic E-state index is 0.192. The molecule has 0 aliphatic heterocycles. The summed E-state index contributed by atoms with van der Waals surface area (Å²) in [5, 5.41) is 4.61. The first-order valence-electron chi connectivity index (χ1n) is 7.26. The van der Waals surface area contributed by atoms with Gasteiger partial charge in [0.25, 0.3) is 5.91 Å². The number of thiophene rings is 1. The second kappa shape index (κ2) is 7.12. The Bertz CT molecular complexity index is 1020. The Hall–Kier alpha value is -2.94. The molecule has 1 heterocycles. The SMILES string of the molecule is O=C(CNC(=O)c1cc2c(F)cccc2s1)Nc1ccc(F)c(F)c1F. The topological polar surface area (TPSA) is 58.2 Å². The first-order chi connectivity index (χ1) is 12.4. The van der Waals surface area contributed by atoms with E-state index in [2.05, 4.69) is 5.32 Å². The number of hydrogen-bond acceptors (Lipinski definition) is 3. The van der Waals surface area contributed by atoms with Crippen molar-refractivity contribution in [3.63, 3.8) is 0 Å². The number of benzene rings is 2. The monoisotopic (exact) mass is 382 g/mol. The molecule has 0 atom stereocenters. The molecular weight excluding hydrogens is 372 g/mol. The third-order valence-electron chi connectivity index (χ3n) is 3.45. The number of nitrogens with one attached hydrogen (secondary N) is 2. The quantitative estimate of drug-likeness (QED) is 0.532. The van der Waals surface area contributed by atoms with Crippen LogP contribution in [0.4, 0.5) is 23.2 Å². The van der Waals surface area contributed by atoms with Crippen LogP contribution in [0.25, 0.3) is 10.1 Å². The third-order valence-corrected chi connectivity index (χ3v) is 4.55. The van der Waals surface area contributed by atoms with Crippen LogP contribution in [0.15, 0.2) is 36.4 Å². The van der Waals surface area contributed by atoms with Crippen molar-refractivity contribution in [1.29, 1.82) is 0 Å². The van der Waals surface area contributed by atoms with E-state index in [4.69, 9.17) is 0 Å². The predicted molar refractivity (Wildman–Crippen MR) is 89.1 cm³/mol. The van der Waals surface area contributed by atoms with Crippen molar-refractivity contribution in [2.75, 3.05) is 11.9 Å². The van der Waals surface area contributed by atoms with Crippen LogP contribution in [-0.4, -0.2) is 18.4 Å². The van der Waals surface area contributed by atoms with E-state index in [0.717, 1.165) is 17.4 Å². The molecule has 9 heteroatoms. The Labute approximate surface area is 148 Å². The molecular formula is C17H10F4N2O2S. The van der Waals surface area contributed by atoms with E-state index >= 15 is 0 Å². The molecule has 0 fully saturated rings. The molecule has 0 bridgehead atoms. The van der Waals surface area contributed by atoms with Gasteiger partial charge in [0, 0.05) is 10.1 Å². The van der Waals surface area contributed by atoms with Crippen molar-refractivity contribution >= 4 is 38.9 Å². The zero-order chi connectivity index (χ0) is 18.8. The number of hydrogen-bond donors (Lipinski definition) is 2. The zero-order valence-electron chi connectivity index (χ0n) is 12.9. The Balaban J connectivity index is 1.64. The van der Waals surface area contributed by atoms with Crippen molar-refractivity contribution < 1.29 is 27.2 Å². The highest BCUT2D eigenvalue weighted by molar-refractivity contribution is 7.20. The predicted octanol–water partition coefficient (Wildman–Crippen LogP) is 3.83. The second-order valence-corrected chi connectivity index (χ2v) is 6.30. The number of carbonyl (C=O) groups excluding carboxylic acids is 2. The summed E-state index contributed by atoms with van der Waals surface area (Å²) in [4.78, 5) is 24.0. The number of carbonyl (C=O) groups is 2. The number of amides is 2. The molecule has 26 heavy (non-hydrogen) atoms. The molecule has 0 radical (unpaired) electrons. The van der Waals surface area contributed by atoms with Crippen LogP contribution in [0.1, 0.15) is 9.67 Å². The molecule has 1 aromatic heterocycles. The number of halogens is 4. The lowest BCUT2D eigenvalue weighted by Crippen LogP contribution is -2.32. The van der Waals surface area contributed by atoms with Gasteiger partial charge >= 0.3 is 0 Å². The fourth-order valence-electron chi connectivity index (χ4n) is 2.20. The molecule has 3 aromatic rings. The standard InChI is InChI=1S/C17H10F4N2O2S/c18-9-2-1-3-12-8(9)6-13(26-12)17(25)22-7-14(24)23-11-5-4-10(19)15(20)16(11)21/h1-6H,7H2,(H,22,25)(H,23,24). The van der Waals surface area contributed by atoms with Crippen molar-refractivity contribution in [1.82, 2.24) is 5.32 Å². The molecule has 0 unspecified atom stereocenters. The normalized spacial score (nSPS) is 10.8.